The number of imidazole rings is 1. The minimum atomic E-state index is -0.242. The number of carbonyl (C=O) groups excluding carboxylic acids is 1. The van der Waals surface area contributed by atoms with Gasteiger partial charge in [-0.2, -0.15) is 0 Å². The van der Waals surface area contributed by atoms with E-state index in [1.165, 1.54) is 0 Å². The Morgan fingerprint density at radius 1 is 1.34 bits per heavy atom. The van der Waals surface area contributed by atoms with Gasteiger partial charge in [0.2, 0.25) is 0 Å². The van der Waals surface area contributed by atoms with Crippen LogP contribution in [-0.4, -0.2) is 34.2 Å². The molecule has 1 amide bonds. The SMILES string of the molecule is Cn1cc(-c2cccs2)nc1CCNC(=O)COc1cccc2c1OC(C)(C)C2. The van der Waals surface area contributed by atoms with Crippen molar-refractivity contribution in [2.45, 2.75) is 32.3 Å². The van der Waals surface area contributed by atoms with Gasteiger partial charge in [-0.15, -0.1) is 11.3 Å². The summed E-state index contributed by atoms with van der Waals surface area (Å²) in [5.41, 5.74) is 1.84. The van der Waals surface area contributed by atoms with Gasteiger partial charge in [-0.3, -0.25) is 4.79 Å². The molecule has 0 aliphatic carbocycles. The predicted octanol–water partition coefficient (Wildman–Crippen LogP) is 3.60. The van der Waals surface area contributed by atoms with Gasteiger partial charge in [0.25, 0.3) is 5.91 Å². The van der Waals surface area contributed by atoms with Gasteiger partial charge in [-0.05, 0) is 31.4 Å². The Kier molecular flexibility index (Phi) is 5.32. The summed E-state index contributed by atoms with van der Waals surface area (Å²) in [6.07, 6.45) is 3.51. The lowest BCUT2D eigenvalue weighted by Crippen LogP contribution is -2.31. The molecule has 0 saturated heterocycles. The number of carbonyl (C=O) groups is 1. The molecule has 0 saturated carbocycles. The molecule has 0 unspecified atom stereocenters. The second-order valence-corrected chi connectivity index (χ2v) is 8.75. The fourth-order valence-corrected chi connectivity index (χ4v) is 4.17. The summed E-state index contributed by atoms with van der Waals surface area (Å²) in [6, 6.07) is 9.88. The Bertz CT molecular complexity index is 1010. The van der Waals surface area contributed by atoms with E-state index in [0.29, 0.717) is 18.7 Å². The summed E-state index contributed by atoms with van der Waals surface area (Å²) in [5, 5.41) is 4.94. The third kappa shape index (κ3) is 4.45. The van der Waals surface area contributed by atoms with Crippen LogP contribution in [0.4, 0.5) is 0 Å². The van der Waals surface area contributed by atoms with Crippen LogP contribution in [0.25, 0.3) is 10.6 Å². The molecule has 2 aromatic heterocycles. The number of rotatable bonds is 7. The van der Waals surface area contributed by atoms with Crippen LogP contribution < -0.4 is 14.8 Å². The van der Waals surface area contributed by atoms with Crippen molar-refractivity contribution in [3.8, 4) is 22.1 Å². The van der Waals surface area contributed by atoms with Crippen LogP contribution in [0.1, 0.15) is 25.2 Å². The zero-order valence-corrected chi connectivity index (χ0v) is 17.7. The molecular weight excluding hydrogens is 386 g/mol. The molecule has 7 heteroatoms. The highest BCUT2D eigenvalue weighted by molar-refractivity contribution is 7.13. The first-order chi connectivity index (χ1) is 13.9. The van der Waals surface area contributed by atoms with Crippen molar-refractivity contribution in [3.05, 3.63) is 53.3 Å². The summed E-state index contributed by atoms with van der Waals surface area (Å²) in [7, 11) is 1.97. The highest BCUT2D eigenvalue weighted by atomic mass is 32.1. The topological polar surface area (TPSA) is 65.4 Å². The molecule has 29 heavy (non-hydrogen) atoms. The number of aromatic nitrogens is 2. The van der Waals surface area contributed by atoms with Gasteiger partial charge < -0.3 is 19.4 Å². The molecule has 0 radical (unpaired) electrons. The fourth-order valence-electron chi connectivity index (χ4n) is 3.49. The number of fused-ring (bicyclic) bond motifs is 1. The van der Waals surface area contributed by atoms with E-state index in [0.717, 1.165) is 34.1 Å². The number of nitrogens with zero attached hydrogens (tertiary/aromatic N) is 2. The Balaban J connectivity index is 1.27. The molecule has 0 spiro atoms. The van der Waals surface area contributed by atoms with Crippen LogP contribution in [0, 0.1) is 0 Å². The molecule has 152 valence electrons. The number of hydrogen-bond acceptors (Lipinski definition) is 5. The quantitative estimate of drug-likeness (QED) is 0.645. The van der Waals surface area contributed by atoms with Crippen LogP contribution >= 0.6 is 11.3 Å². The maximum absolute atomic E-state index is 12.2. The summed E-state index contributed by atoms with van der Waals surface area (Å²) in [4.78, 5) is 18.0. The molecule has 1 aliphatic heterocycles. The van der Waals surface area contributed by atoms with E-state index in [2.05, 4.69) is 16.4 Å². The number of amides is 1. The standard InChI is InChI=1S/C22H25N3O3S/c1-22(2)12-15-6-4-7-17(21(15)28-22)27-14-20(26)23-10-9-19-24-16(13-25(19)3)18-8-5-11-29-18/h4-8,11,13H,9-10,12,14H2,1-3H3,(H,23,26). The monoisotopic (exact) mass is 411 g/mol. The van der Waals surface area contributed by atoms with Gasteiger partial charge in [0.15, 0.2) is 18.1 Å². The zero-order valence-electron chi connectivity index (χ0n) is 16.9. The average molecular weight is 412 g/mol. The number of nitrogens with one attached hydrogen (secondary N) is 1. The molecule has 3 heterocycles. The number of aryl methyl sites for hydroxylation is 1. The molecule has 4 rings (SSSR count). The maximum Gasteiger partial charge on any atom is 0.257 e. The second kappa shape index (κ2) is 7.91. The summed E-state index contributed by atoms with van der Waals surface area (Å²) < 4.78 is 13.7. The van der Waals surface area contributed by atoms with E-state index in [-0.39, 0.29) is 18.1 Å². The van der Waals surface area contributed by atoms with Crippen molar-refractivity contribution in [1.82, 2.24) is 14.9 Å². The lowest BCUT2D eigenvalue weighted by molar-refractivity contribution is -0.123. The number of hydrogen-bond donors (Lipinski definition) is 1. The number of para-hydroxylation sites is 1. The van der Waals surface area contributed by atoms with E-state index >= 15 is 0 Å². The Morgan fingerprint density at radius 2 is 2.21 bits per heavy atom. The number of benzene rings is 1. The molecule has 6 nitrogen and oxygen atoms in total. The van der Waals surface area contributed by atoms with E-state index in [9.17, 15) is 4.79 Å². The summed E-state index contributed by atoms with van der Waals surface area (Å²) >= 11 is 1.67. The third-order valence-corrected chi connectivity index (χ3v) is 5.72. The molecule has 1 aliphatic rings. The highest BCUT2D eigenvalue weighted by Gasteiger charge is 2.32. The summed E-state index contributed by atoms with van der Waals surface area (Å²) in [6.45, 7) is 4.56. The largest absolute Gasteiger partial charge is 0.483 e. The zero-order chi connectivity index (χ0) is 20.4. The highest BCUT2D eigenvalue weighted by Crippen LogP contribution is 2.41. The Morgan fingerprint density at radius 3 is 3.00 bits per heavy atom. The van der Waals surface area contributed by atoms with Crippen LogP contribution in [-0.2, 0) is 24.7 Å². The lowest BCUT2D eigenvalue weighted by atomic mass is 10.0. The first-order valence-corrected chi connectivity index (χ1v) is 10.6. The van der Waals surface area contributed by atoms with Gasteiger partial charge >= 0.3 is 0 Å². The normalized spacial score (nSPS) is 14.3. The number of ether oxygens (including phenoxy) is 2. The Labute approximate surface area is 174 Å². The minimum absolute atomic E-state index is 0.0404. The van der Waals surface area contributed by atoms with Crippen molar-refractivity contribution in [2.75, 3.05) is 13.2 Å². The average Bonchev–Trinajstić information content (AvgIpc) is 3.38. The minimum Gasteiger partial charge on any atom is -0.483 e. The van der Waals surface area contributed by atoms with Gasteiger partial charge in [-0.1, -0.05) is 18.2 Å². The molecule has 3 aromatic rings. The molecule has 0 fully saturated rings. The maximum atomic E-state index is 12.2. The van der Waals surface area contributed by atoms with Crippen LogP contribution in [0.15, 0.2) is 41.9 Å². The summed E-state index contributed by atoms with van der Waals surface area (Å²) in [5.74, 6) is 2.14. The van der Waals surface area contributed by atoms with Gasteiger partial charge in [-0.25, -0.2) is 4.98 Å². The molecule has 1 aromatic carbocycles. The van der Waals surface area contributed by atoms with E-state index in [4.69, 9.17) is 9.47 Å². The Hall–Kier alpha value is -2.80. The van der Waals surface area contributed by atoms with Crippen LogP contribution in [0.5, 0.6) is 11.5 Å². The molecular formula is C22H25N3O3S. The molecule has 0 atom stereocenters. The van der Waals surface area contributed by atoms with Gasteiger partial charge in [0.05, 0.1) is 10.6 Å². The van der Waals surface area contributed by atoms with Gasteiger partial charge in [0.1, 0.15) is 11.4 Å². The first kappa shape index (κ1) is 19.5. The van der Waals surface area contributed by atoms with E-state index in [1.807, 2.05) is 61.3 Å². The predicted molar refractivity (Wildman–Crippen MR) is 114 cm³/mol. The van der Waals surface area contributed by atoms with E-state index in [1.54, 1.807) is 11.3 Å². The van der Waals surface area contributed by atoms with Crippen molar-refractivity contribution in [2.24, 2.45) is 7.05 Å². The van der Waals surface area contributed by atoms with Crippen molar-refractivity contribution < 1.29 is 14.3 Å². The van der Waals surface area contributed by atoms with Crippen molar-refractivity contribution in [3.63, 3.8) is 0 Å². The fraction of sp³-hybridized carbons (Fsp3) is 0.364. The van der Waals surface area contributed by atoms with Crippen molar-refractivity contribution in [1.29, 1.82) is 0 Å². The van der Waals surface area contributed by atoms with Crippen molar-refractivity contribution >= 4 is 17.2 Å². The smallest absolute Gasteiger partial charge is 0.257 e. The third-order valence-electron chi connectivity index (χ3n) is 4.83. The van der Waals surface area contributed by atoms with Crippen LogP contribution in [0.3, 0.4) is 0 Å². The van der Waals surface area contributed by atoms with Crippen LogP contribution in [0.2, 0.25) is 0 Å². The van der Waals surface area contributed by atoms with Gasteiger partial charge in [0, 0.05) is 38.2 Å². The lowest BCUT2D eigenvalue weighted by Gasteiger charge is -2.18. The molecule has 1 N–H and O–H groups in total. The first-order valence-electron chi connectivity index (χ1n) is 9.68. The second-order valence-electron chi connectivity index (χ2n) is 7.80. The molecule has 0 bridgehead atoms. The van der Waals surface area contributed by atoms with E-state index < -0.39 is 0 Å². The number of thiophene rings is 1.